The lowest BCUT2D eigenvalue weighted by Crippen LogP contribution is -2.46. The Labute approximate surface area is 351 Å². The van der Waals surface area contributed by atoms with Gasteiger partial charge in [0.1, 0.15) is 40.8 Å². The third-order valence-corrected chi connectivity index (χ3v) is 15.2. The van der Waals surface area contributed by atoms with Crippen LogP contribution in [0.3, 0.4) is 0 Å². The molecule has 3 aliphatic rings. The lowest BCUT2D eigenvalue weighted by Gasteiger charge is -2.38. The van der Waals surface area contributed by atoms with Gasteiger partial charge >= 0.3 is 12.2 Å². The molecule has 3 aromatic rings. The predicted molar refractivity (Wildman–Crippen MR) is 220 cm³/mol. The molecule has 60 heavy (non-hydrogen) atoms. The molecule has 0 bridgehead atoms. The summed E-state index contributed by atoms with van der Waals surface area (Å²) in [5.41, 5.74) is 1.03. The molecule has 1 spiro atoms. The Bertz CT molecular complexity index is 2220. The summed E-state index contributed by atoms with van der Waals surface area (Å²) in [7, 11) is -7.74. The molecular weight excluding hydrogens is 819 g/mol. The maximum atomic E-state index is 14.2. The normalized spacial score (nSPS) is 19.3. The van der Waals surface area contributed by atoms with E-state index in [0.717, 1.165) is 11.1 Å². The minimum Gasteiger partial charge on any atom is -0.492 e. The Balaban J connectivity index is 0.978. The minimum absolute atomic E-state index is 0.0278. The number of piperidine rings is 1. The lowest BCUT2D eigenvalue weighted by atomic mass is 9.89. The summed E-state index contributed by atoms with van der Waals surface area (Å²) >= 11 is 0. The van der Waals surface area contributed by atoms with Gasteiger partial charge in [-0.25, -0.2) is 26.4 Å². The standard InChI is InChI=1S/C42H55N3O13S2/c1-5-54-36-14-13-31(30-11-9-29(10-12-30)24-43-39(49)58-40(2,3)4)21-37(36)60(52,53)45-19-17-41(18-20-45)23-34(27-56-41)57-38(48)44-25-32(47)26-55-33-7-6-8-35(22-33)59(50,51)42(28-46)15-16-42/h6-14,21-22,32,34,46-47H,5,15-20,23-28H2,1-4H3,(H,43,49)(H,44,48)/t32?,34-/m0/s1. The molecule has 2 atom stereocenters. The molecule has 0 radical (unpaired) electrons. The number of hydrogen-bond acceptors (Lipinski definition) is 13. The van der Waals surface area contributed by atoms with E-state index in [-0.39, 0.29) is 67.3 Å². The fourth-order valence-corrected chi connectivity index (χ4v) is 10.7. The van der Waals surface area contributed by atoms with Crippen LogP contribution in [-0.4, -0.2) is 118 Å². The monoisotopic (exact) mass is 873 g/mol. The van der Waals surface area contributed by atoms with Gasteiger partial charge in [-0.2, -0.15) is 4.31 Å². The molecular formula is C42H55N3O13S2. The SMILES string of the molecule is CCOc1ccc(-c2ccc(CNC(=O)OC(C)(C)C)cc2)cc1S(=O)(=O)N1CCC2(CC1)C[C@H](OC(=O)NCC(O)COc1cccc(S(=O)(=O)C3(CO)CC3)c1)CO2. The van der Waals surface area contributed by atoms with Gasteiger partial charge in [0.15, 0.2) is 9.84 Å². The summed E-state index contributed by atoms with van der Waals surface area (Å²) in [5.74, 6) is 0.467. The maximum Gasteiger partial charge on any atom is 0.407 e. The van der Waals surface area contributed by atoms with Gasteiger partial charge in [0.25, 0.3) is 0 Å². The largest absolute Gasteiger partial charge is 0.492 e. The number of alkyl carbamates (subject to hydrolysis) is 2. The lowest BCUT2D eigenvalue weighted by molar-refractivity contribution is -0.0325. The van der Waals surface area contributed by atoms with Crippen molar-refractivity contribution in [2.24, 2.45) is 0 Å². The Kier molecular flexibility index (Phi) is 13.7. The Morgan fingerprint density at radius 1 is 0.917 bits per heavy atom. The van der Waals surface area contributed by atoms with Crippen LogP contribution < -0.4 is 20.1 Å². The number of hydrogen-bond donors (Lipinski definition) is 4. The first kappa shape index (κ1) is 45.1. The van der Waals surface area contributed by atoms with Gasteiger partial charge in [0, 0.05) is 26.1 Å². The highest BCUT2D eigenvalue weighted by atomic mass is 32.2. The maximum absolute atomic E-state index is 14.2. The van der Waals surface area contributed by atoms with Gasteiger partial charge in [0.2, 0.25) is 10.0 Å². The molecule has 1 unspecified atom stereocenters. The third-order valence-electron chi connectivity index (χ3n) is 10.8. The van der Waals surface area contributed by atoms with Crippen molar-refractivity contribution in [2.75, 3.05) is 46.1 Å². The molecule has 18 heteroatoms. The van der Waals surface area contributed by atoms with Crippen molar-refractivity contribution in [3.05, 3.63) is 72.3 Å². The minimum atomic E-state index is -3.99. The van der Waals surface area contributed by atoms with Gasteiger partial charge in [-0.3, -0.25) is 0 Å². The summed E-state index contributed by atoms with van der Waals surface area (Å²) in [6.07, 6.45) is -1.07. The van der Waals surface area contributed by atoms with Gasteiger partial charge in [-0.15, -0.1) is 0 Å². The van der Waals surface area contributed by atoms with Crippen LogP contribution in [0.4, 0.5) is 9.59 Å². The van der Waals surface area contributed by atoms with E-state index in [9.17, 15) is 36.6 Å². The molecule has 0 aromatic heterocycles. The molecule has 2 aliphatic heterocycles. The number of rotatable bonds is 16. The number of sulfone groups is 1. The average Bonchev–Trinajstić information content (AvgIpc) is 3.95. The Morgan fingerprint density at radius 2 is 1.62 bits per heavy atom. The van der Waals surface area contributed by atoms with Crippen molar-refractivity contribution >= 4 is 32.0 Å². The molecule has 3 fully saturated rings. The summed E-state index contributed by atoms with van der Waals surface area (Å²) in [5, 5.41) is 25.3. The number of benzene rings is 3. The van der Waals surface area contributed by atoms with Crippen molar-refractivity contribution in [3.63, 3.8) is 0 Å². The smallest absolute Gasteiger partial charge is 0.407 e. The number of carbonyl (C=O) groups is 2. The summed E-state index contributed by atoms with van der Waals surface area (Å²) in [6, 6.07) is 18.4. The van der Waals surface area contributed by atoms with Gasteiger partial charge in [0.05, 0.1) is 41.6 Å². The zero-order chi connectivity index (χ0) is 43.3. The number of carbonyl (C=O) groups excluding carboxylic acids is 2. The van der Waals surface area contributed by atoms with Crippen LogP contribution in [0, 0.1) is 0 Å². The van der Waals surface area contributed by atoms with Crippen molar-refractivity contribution in [1.82, 2.24) is 14.9 Å². The number of nitrogens with one attached hydrogen (secondary N) is 2. The van der Waals surface area contributed by atoms with Crippen molar-refractivity contribution in [2.45, 2.75) is 104 Å². The van der Waals surface area contributed by atoms with Crippen LogP contribution in [0.5, 0.6) is 11.5 Å². The molecule has 16 nitrogen and oxygen atoms in total. The molecule has 328 valence electrons. The molecule has 2 amide bonds. The predicted octanol–water partition coefficient (Wildman–Crippen LogP) is 4.55. The quantitative estimate of drug-likeness (QED) is 0.156. The van der Waals surface area contributed by atoms with Crippen molar-refractivity contribution in [3.8, 4) is 22.6 Å². The Morgan fingerprint density at radius 3 is 2.27 bits per heavy atom. The van der Waals surface area contributed by atoms with Crippen LogP contribution in [0.25, 0.3) is 11.1 Å². The number of amides is 2. The van der Waals surface area contributed by atoms with E-state index in [1.165, 1.54) is 22.5 Å². The van der Waals surface area contributed by atoms with Crippen LogP contribution >= 0.6 is 0 Å². The average molecular weight is 874 g/mol. The second kappa shape index (κ2) is 18.3. The van der Waals surface area contributed by atoms with Gasteiger partial charge in [-0.1, -0.05) is 36.4 Å². The van der Waals surface area contributed by atoms with E-state index in [2.05, 4.69) is 10.6 Å². The molecule has 1 aliphatic carbocycles. The van der Waals surface area contributed by atoms with Crippen LogP contribution in [-0.2, 0) is 40.6 Å². The van der Waals surface area contributed by atoms with Crippen LogP contribution in [0.1, 0.15) is 65.4 Å². The van der Waals surface area contributed by atoms with Crippen LogP contribution in [0.2, 0.25) is 0 Å². The highest BCUT2D eigenvalue weighted by molar-refractivity contribution is 7.93. The highest BCUT2D eigenvalue weighted by Gasteiger charge is 2.54. The van der Waals surface area contributed by atoms with E-state index >= 15 is 0 Å². The fourth-order valence-electron chi connectivity index (χ4n) is 7.25. The first-order valence-corrected chi connectivity index (χ1v) is 23.0. The van der Waals surface area contributed by atoms with Crippen LogP contribution in [0.15, 0.2) is 76.5 Å². The van der Waals surface area contributed by atoms with E-state index in [0.29, 0.717) is 37.7 Å². The second-order valence-corrected chi connectivity index (χ2v) is 20.7. The third kappa shape index (κ3) is 10.7. The molecule has 3 aromatic carbocycles. The zero-order valence-corrected chi connectivity index (χ0v) is 36.0. The molecule has 4 N–H and O–H groups in total. The second-order valence-electron chi connectivity index (χ2n) is 16.4. The summed E-state index contributed by atoms with van der Waals surface area (Å²) in [6.45, 7) is 7.31. The first-order valence-electron chi connectivity index (χ1n) is 20.1. The summed E-state index contributed by atoms with van der Waals surface area (Å²) < 4.78 is 82.8. The number of nitrogens with zero attached hydrogens (tertiary/aromatic N) is 1. The fraction of sp³-hybridized carbons (Fsp3) is 0.524. The topological polar surface area (TPSA) is 216 Å². The first-order chi connectivity index (χ1) is 28.4. The number of aliphatic hydroxyl groups excluding tert-OH is 2. The Hall–Kier alpha value is -4.46. The van der Waals surface area contributed by atoms with E-state index in [4.69, 9.17) is 23.7 Å². The van der Waals surface area contributed by atoms with Crippen molar-refractivity contribution < 1.29 is 60.3 Å². The van der Waals surface area contributed by atoms with E-state index in [1.54, 1.807) is 52.0 Å². The number of ether oxygens (including phenoxy) is 5. The molecule has 6 rings (SSSR count). The zero-order valence-electron chi connectivity index (χ0n) is 34.3. The summed E-state index contributed by atoms with van der Waals surface area (Å²) in [4.78, 5) is 24.8. The number of sulfonamides is 1. The number of aliphatic hydroxyl groups is 2. The van der Waals surface area contributed by atoms with E-state index < -0.39 is 66.8 Å². The molecule has 2 saturated heterocycles. The van der Waals surface area contributed by atoms with E-state index in [1.807, 2.05) is 24.3 Å². The van der Waals surface area contributed by atoms with Crippen molar-refractivity contribution in [1.29, 1.82) is 0 Å². The molecule has 2 heterocycles. The molecule has 1 saturated carbocycles. The van der Waals surface area contributed by atoms with Gasteiger partial charge in [-0.05, 0) is 100 Å². The highest BCUT2D eigenvalue weighted by Crippen LogP contribution is 2.46. The van der Waals surface area contributed by atoms with Gasteiger partial charge < -0.3 is 44.5 Å².